The molecule has 2 atom stereocenters. The van der Waals surface area contributed by atoms with Gasteiger partial charge in [-0.05, 0) is 39.5 Å². The zero-order chi connectivity index (χ0) is 9.26. The number of likely N-dealkylation sites (tertiary alicyclic amines) is 2. The summed E-state index contributed by atoms with van der Waals surface area (Å²) >= 11 is 0. The number of hydrogen-bond donors (Lipinski definition) is 1. The molecule has 13 heavy (non-hydrogen) atoms. The van der Waals surface area contributed by atoms with Crippen LogP contribution in [0.15, 0.2) is 0 Å². The topological polar surface area (TPSA) is 32.5 Å². The molecule has 2 saturated heterocycles. The Morgan fingerprint density at radius 1 is 1.23 bits per heavy atom. The summed E-state index contributed by atoms with van der Waals surface area (Å²) in [5.41, 5.74) is 5.80. The van der Waals surface area contributed by atoms with Crippen molar-refractivity contribution in [3.8, 4) is 0 Å². The van der Waals surface area contributed by atoms with E-state index in [-0.39, 0.29) is 0 Å². The molecule has 76 valence electrons. The summed E-state index contributed by atoms with van der Waals surface area (Å²) in [4.78, 5) is 5.06. The molecule has 0 bridgehead atoms. The van der Waals surface area contributed by atoms with E-state index < -0.39 is 0 Å². The minimum Gasteiger partial charge on any atom is -0.330 e. The van der Waals surface area contributed by atoms with E-state index in [1.165, 1.54) is 39.0 Å². The summed E-state index contributed by atoms with van der Waals surface area (Å²) in [6.45, 7) is 5.87. The molecule has 2 N–H and O–H groups in total. The van der Waals surface area contributed by atoms with Gasteiger partial charge in [-0.25, -0.2) is 0 Å². The van der Waals surface area contributed by atoms with Crippen molar-refractivity contribution in [2.75, 3.05) is 39.8 Å². The average molecular weight is 183 g/mol. The Balaban J connectivity index is 1.96. The molecule has 0 radical (unpaired) electrons. The van der Waals surface area contributed by atoms with Gasteiger partial charge >= 0.3 is 0 Å². The van der Waals surface area contributed by atoms with Crippen molar-refractivity contribution in [1.82, 2.24) is 9.80 Å². The van der Waals surface area contributed by atoms with Gasteiger partial charge in [-0.3, -0.25) is 4.90 Å². The lowest BCUT2D eigenvalue weighted by Crippen LogP contribution is -2.41. The van der Waals surface area contributed by atoms with Gasteiger partial charge in [-0.1, -0.05) is 0 Å². The van der Waals surface area contributed by atoms with Gasteiger partial charge in [0.15, 0.2) is 0 Å². The van der Waals surface area contributed by atoms with Gasteiger partial charge in [0.05, 0.1) is 0 Å². The van der Waals surface area contributed by atoms with E-state index in [9.17, 15) is 0 Å². The predicted molar refractivity (Wildman–Crippen MR) is 54.6 cm³/mol. The first-order chi connectivity index (χ1) is 6.31. The minimum absolute atomic E-state index is 0.711. The number of nitrogens with two attached hydrogens (primary N) is 1. The quantitative estimate of drug-likeness (QED) is 0.652. The van der Waals surface area contributed by atoms with Crippen molar-refractivity contribution in [2.24, 2.45) is 11.7 Å². The highest BCUT2D eigenvalue weighted by Crippen LogP contribution is 2.23. The van der Waals surface area contributed by atoms with Crippen LogP contribution in [-0.2, 0) is 0 Å². The van der Waals surface area contributed by atoms with Crippen molar-refractivity contribution in [2.45, 2.75) is 18.9 Å². The Labute approximate surface area is 80.9 Å². The summed E-state index contributed by atoms with van der Waals surface area (Å²) in [6.07, 6.45) is 2.77. The molecule has 2 fully saturated rings. The monoisotopic (exact) mass is 183 g/mol. The molecule has 0 aliphatic carbocycles. The molecule has 2 aliphatic rings. The van der Waals surface area contributed by atoms with Crippen LogP contribution in [0.4, 0.5) is 0 Å². The second-order valence-electron chi connectivity index (χ2n) is 4.53. The van der Waals surface area contributed by atoms with Crippen LogP contribution in [0, 0.1) is 5.92 Å². The second-order valence-corrected chi connectivity index (χ2v) is 4.53. The standard InChI is InChI=1S/C10H21N3/c1-12-7-9(6-11)10(8-12)13-4-2-3-5-13/h9-10H,2-8,11H2,1H3. The van der Waals surface area contributed by atoms with Gasteiger partial charge < -0.3 is 10.6 Å². The number of nitrogens with zero attached hydrogens (tertiary/aromatic N) is 2. The second kappa shape index (κ2) is 3.95. The fraction of sp³-hybridized carbons (Fsp3) is 1.00. The highest BCUT2D eigenvalue weighted by molar-refractivity contribution is 4.91. The predicted octanol–water partition coefficient (Wildman–Crippen LogP) is -0.0289. The van der Waals surface area contributed by atoms with Crippen LogP contribution >= 0.6 is 0 Å². The Morgan fingerprint density at radius 2 is 1.92 bits per heavy atom. The van der Waals surface area contributed by atoms with E-state index in [2.05, 4.69) is 16.8 Å². The van der Waals surface area contributed by atoms with Gasteiger partial charge in [-0.2, -0.15) is 0 Å². The lowest BCUT2D eigenvalue weighted by molar-refractivity contribution is 0.210. The fourth-order valence-corrected chi connectivity index (χ4v) is 2.78. The van der Waals surface area contributed by atoms with Crippen LogP contribution in [-0.4, -0.2) is 55.6 Å². The minimum atomic E-state index is 0.711. The largest absolute Gasteiger partial charge is 0.330 e. The summed E-state index contributed by atoms with van der Waals surface area (Å²) < 4.78 is 0. The van der Waals surface area contributed by atoms with Gasteiger partial charge in [-0.15, -0.1) is 0 Å². The number of rotatable bonds is 2. The Kier molecular flexibility index (Phi) is 2.86. The Hall–Kier alpha value is -0.120. The molecular weight excluding hydrogens is 162 g/mol. The van der Waals surface area contributed by atoms with Crippen molar-refractivity contribution in [1.29, 1.82) is 0 Å². The van der Waals surface area contributed by atoms with Gasteiger partial charge in [0, 0.05) is 25.0 Å². The maximum absolute atomic E-state index is 5.80. The molecule has 3 nitrogen and oxygen atoms in total. The molecule has 0 saturated carbocycles. The van der Waals surface area contributed by atoms with Crippen LogP contribution in [0.3, 0.4) is 0 Å². The molecule has 0 spiro atoms. The normalized spacial score (nSPS) is 37.4. The molecule has 2 aliphatic heterocycles. The summed E-state index contributed by atoms with van der Waals surface area (Å²) in [7, 11) is 2.21. The van der Waals surface area contributed by atoms with Gasteiger partial charge in [0.25, 0.3) is 0 Å². The SMILES string of the molecule is CN1CC(CN)C(N2CCCC2)C1. The molecule has 0 aromatic carbocycles. The lowest BCUT2D eigenvalue weighted by atomic mass is 10.0. The third-order valence-electron chi connectivity index (χ3n) is 3.50. The van der Waals surface area contributed by atoms with Crippen LogP contribution in [0.1, 0.15) is 12.8 Å². The van der Waals surface area contributed by atoms with Crippen molar-refractivity contribution >= 4 is 0 Å². The fourth-order valence-electron chi connectivity index (χ4n) is 2.78. The van der Waals surface area contributed by atoms with E-state index in [1.807, 2.05) is 0 Å². The molecule has 0 aromatic rings. The van der Waals surface area contributed by atoms with Crippen LogP contribution in [0.2, 0.25) is 0 Å². The zero-order valence-corrected chi connectivity index (χ0v) is 8.58. The molecule has 2 heterocycles. The Morgan fingerprint density at radius 3 is 2.54 bits per heavy atom. The van der Waals surface area contributed by atoms with Crippen LogP contribution in [0.25, 0.3) is 0 Å². The first kappa shape index (κ1) is 9.44. The van der Waals surface area contributed by atoms with Crippen molar-refractivity contribution in [3.63, 3.8) is 0 Å². The van der Waals surface area contributed by atoms with Gasteiger partial charge in [0.1, 0.15) is 0 Å². The first-order valence-corrected chi connectivity index (χ1v) is 5.44. The molecule has 0 amide bonds. The number of likely N-dealkylation sites (N-methyl/N-ethyl adjacent to an activating group) is 1. The average Bonchev–Trinajstić information content (AvgIpc) is 2.71. The highest BCUT2D eigenvalue weighted by atomic mass is 15.3. The van der Waals surface area contributed by atoms with E-state index in [0.29, 0.717) is 5.92 Å². The van der Waals surface area contributed by atoms with Crippen molar-refractivity contribution < 1.29 is 0 Å². The molecule has 0 aromatic heterocycles. The third-order valence-corrected chi connectivity index (χ3v) is 3.50. The zero-order valence-electron chi connectivity index (χ0n) is 8.58. The maximum atomic E-state index is 5.80. The molecule has 2 rings (SSSR count). The maximum Gasteiger partial charge on any atom is 0.0275 e. The number of hydrogen-bond acceptors (Lipinski definition) is 3. The first-order valence-electron chi connectivity index (χ1n) is 5.44. The third kappa shape index (κ3) is 1.87. The van der Waals surface area contributed by atoms with Crippen molar-refractivity contribution in [3.05, 3.63) is 0 Å². The summed E-state index contributed by atoms with van der Waals surface area (Å²) in [5.74, 6) is 0.711. The van der Waals surface area contributed by atoms with Crippen LogP contribution in [0.5, 0.6) is 0 Å². The van der Waals surface area contributed by atoms with E-state index >= 15 is 0 Å². The lowest BCUT2D eigenvalue weighted by Gasteiger charge is -2.27. The van der Waals surface area contributed by atoms with E-state index in [1.54, 1.807) is 0 Å². The van der Waals surface area contributed by atoms with E-state index in [4.69, 9.17) is 5.73 Å². The summed E-state index contributed by atoms with van der Waals surface area (Å²) in [6, 6.07) is 0.748. The Bertz CT molecular complexity index is 164. The molecular formula is C10H21N3. The highest BCUT2D eigenvalue weighted by Gasteiger charge is 2.34. The van der Waals surface area contributed by atoms with Crippen LogP contribution < -0.4 is 5.73 Å². The molecule has 2 unspecified atom stereocenters. The summed E-state index contributed by atoms with van der Waals surface area (Å²) in [5, 5.41) is 0. The smallest absolute Gasteiger partial charge is 0.0275 e. The molecule has 3 heteroatoms. The van der Waals surface area contributed by atoms with Gasteiger partial charge in [0.2, 0.25) is 0 Å². The van der Waals surface area contributed by atoms with E-state index in [0.717, 1.165) is 12.6 Å².